The standard InChI is InChI=1S/C19H19ClN2O3/c1-14-16(19(20)22(21-14)15-7-3-2-4-8-15)13-25-18-10-6-5-9-17(18)24-12-11-23/h2-10,23H,11-13H2,1H3. The summed E-state index contributed by atoms with van der Waals surface area (Å²) in [5.41, 5.74) is 2.53. The summed E-state index contributed by atoms with van der Waals surface area (Å²) in [5, 5.41) is 13.9. The number of hydrogen-bond acceptors (Lipinski definition) is 4. The number of hydrogen-bond donors (Lipinski definition) is 1. The quantitative estimate of drug-likeness (QED) is 0.698. The normalized spacial score (nSPS) is 10.7. The third kappa shape index (κ3) is 3.95. The van der Waals surface area contributed by atoms with Gasteiger partial charge >= 0.3 is 0 Å². The molecular weight excluding hydrogens is 340 g/mol. The fourth-order valence-electron chi connectivity index (χ4n) is 2.43. The van der Waals surface area contributed by atoms with E-state index in [2.05, 4.69) is 5.10 Å². The molecule has 0 saturated carbocycles. The Hall–Kier alpha value is -2.50. The highest BCUT2D eigenvalue weighted by molar-refractivity contribution is 6.30. The summed E-state index contributed by atoms with van der Waals surface area (Å²) in [7, 11) is 0. The predicted octanol–water partition coefficient (Wildman–Crippen LogP) is 3.78. The van der Waals surface area contributed by atoms with Crippen LogP contribution in [0.1, 0.15) is 11.3 Å². The Balaban J connectivity index is 1.80. The maximum Gasteiger partial charge on any atom is 0.161 e. The van der Waals surface area contributed by atoms with Gasteiger partial charge in [0.05, 0.1) is 18.0 Å². The number of para-hydroxylation sites is 3. The van der Waals surface area contributed by atoms with Gasteiger partial charge in [-0.25, -0.2) is 4.68 Å². The number of halogens is 1. The number of benzene rings is 2. The van der Waals surface area contributed by atoms with Crippen LogP contribution in [0.2, 0.25) is 5.15 Å². The molecule has 0 bridgehead atoms. The van der Waals surface area contributed by atoms with Gasteiger partial charge in [-0.3, -0.25) is 0 Å². The third-order valence-corrected chi connectivity index (χ3v) is 4.08. The molecule has 0 atom stereocenters. The van der Waals surface area contributed by atoms with Gasteiger partial charge < -0.3 is 14.6 Å². The maximum absolute atomic E-state index is 8.92. The highest BCUT2D eigenvalue weighted by atomic mass is 35.5. The van der Waals surface area contributed by atoms with Gasteiger partial charge in [0.2, 0.25) is 0 Å². The summed E-state index contributed by atoms with van der Waals surface area (Å²) in [5.74, 6) is 1.18. The lowest BCUT2D eigenvalue weighted by molar-refractivity contribution is 0.192. The second kappa shape index (κ2) is 8.05. The lowest BCUT2D eigenvalue weighted by Crippen LogP contribution is -2.04. The van der Waals surface area contributed by atoms with Gasteiger partial charge in [-0.2, -0.15) is 5.10 Å². The first-order valence-electron chi connectivity index (χ1n) is 7.95. The predicted molar refractivity (Wildman–Crippen MR) is 96.7 cm³/mol. The molecule has 2 aromatic carbocycles. The third-order valence-electron chi connectivity index (χ3n) is 3.69. The van der Waals surface area contributed by atoms with E-state index in [1.165, 1.54) is 0 Å². The molecule has 1 aromatic heterocycles. The number of nitrogens with zero attached hydrogens (tertiary/aromatic N) is 2. The molecule has 3 aromatic rings. The Kier molecular flexibility index (Phi) is 5.58. The minimum Gasteiger partial charge on any atom is -0.487 e. The number of rotatable bonds is 7. The summed E-state index contributed by atoms with van der Waals surface area (Å²) >= 11 is 6.51. The van der Waals surface area contributed by atoms with Crippen molar-refractivity contribution < 1.29 is 14.6 Å². The molecule has 25 heavy (non-hydrogen) atoms. The topological polar surface area (TPSA) is 56.5 Å². The van der Waals surface area contributed by atoms with Crippen LogP contribution in [0.15, 0.2) is 54.6 Å². The minimum absolute atomic E-state index is 0.0525. The van der Waals surface area contributed by atoms with Crippen LogP contribution in [0.4, 0.5) is 0 Å². The van der Waals surface area contributed by atoms with Crippen molar-refractivity contribution in [3.8, 4) is 17.2 Å². The molecule has 5 nitrogen and oxygen atoms in total. The maximum atomic E-state index is 8.92. The van der Waals surface area contributed by atoms with Gasteiger partial charge in [0, 0.05) is 5.56 Å². The zero-order chi connectivity index (χ0) is 17.6. The zero-order valence-electron chi connectivity index (χ0n) is 13.9. The number of ether oxygens (including phenoxy) is 2. The second-order valence-corrected chi connectivity index (χ2v) is 5.77. The first-order valence-corrected chi connectivity index (χ1v) is 8.33. The van der Waals surface area contributed by atoms with E-state index < -0.39 is 0 Å². The molecule has 0 saturated heterocycles. The van der Waals surface area contributed by atoms with Gasteiger partial charge in [0.15, 0.2) is 11.5 Å². The fraction of sp³-hybridized carbons (Fsp3) is 0.211. The Labute approximate surface area is 151 Å². The molecule has 0 radical (unpaired) electrons. The average Bonchev–Trinajstić information content (AvgIpc) is 2.93. The van der Waals surface area contributed by atoms with Crippen molar-refractivity contribution in [1.29, 1.82) is 0 Å². The largest absolute Gasteiger partial charge is 0.487 e. The molecule has 0 unspecified atom stereocenters. The molecule has 0 amide bonds. The second-order valence-electron chi connectivity index (χ2n) is 5.41. The van der Waals surface area contributed by atoms with Crippen molar-refractivity contribution in [2.24, 2.45) is 0 Å². The molecule has 1 N–H and O–H groups in total. The van der Waals surface area contributed by atoms with E-state index in [0.29, 0.717) is 16.7 Å². The van der Waals surface area contributed by atoms with E-state index in [1.807, 2.05) is 55.5 Å². The first-order chi connectivity index (χ1) is 12.2. The van der Waals surface area contributed by atoms with Crippen molar-refractivity contribution in [1.82, 2.24) is 9.78 Å². The van der Waals surface area contributed by atoms with Gasteiger partial charge in [0.25, 0.3) is 0 Å². The van der Waals surface area contributed by atoms with Crippen molar-refractivity contribution in [2.45, 2.75) is 13.5 Å². The number of aliphatic hydroxyl groups excluding tert-OH is 1. The van der Waals surface area contributed by atoms with Crippen molar-refractivity contribution >= 4 is 11.6 Å². The summed E-state index contributed by atoms with van der Waals surface area (Å²) < 4.78 is 13.1. The van der Waals surface area contributed by atoms with E-state index in [4.69, 9.17) is 26.2 Å². The van der Waals surface area contributed by atoms with Gasteiger partial charge in [-0.15, -0.1) is 0 Å². The Morgan fingerprint density at radius 1 is 1.00 bits per heavy atom. The van der Waals surface area contributed by atoms with E-state index in [-0.39, 0.29) is 19.8 Å². The lowest BCUT2D eigenvalue weighted by Gasteiger charge is -2.12. The van der Waals surface area contributed by atoms with E-state index in [0.717, 1.165) is 16.9 Å². The number of aryl methyl sites for hydroxylation is 1. The van der Waals surface area contributed by atoms with Gasteiger partial charge in [0.1, 0.15) is 18.4 Å². The average molecular weight is 359 g/mol. The summed E-state index contributed by atoms with van der Waals surface area (Å²) in [4.78, 5) is 0. The molecule has 6 heteroatoms. The molecule has 0 aliphatic heterocycles. The SMILES string of the molecule is Cc1nn(-c2ccccc2)c(Cl)c1COc1ccccc1OCCO. The van der Waals surface area contributed by atoms with Crippen LogP contribution in [-0.4, -0.2) is 28.1 Å². The molecule has 1 heterocycles. The lowest BCUT2D eigenvalue weighted by atomic mass is 10.2. The van der Waals surface area contributed by atoms with Crippen LogP contribution >= 0.6 is 11.6 Å². The van der Waals surface area contributed by atoms with E-state index >= 15 is 0 Å². The summed E-state index contributed by atoms with van der Waals surface area (Å²) in [6, 6.07) is 17.0. The molecule has 0 spiro atoms. The van der Waals surface area contributed by atoms with Crippen LogP contribution in [0.25, 0.3) is 5.69 Å². The van der Waals surface area contributed by atoms with Gasteiger partial charge in [-0.1, -0.05) is 41.9 Å². The molecule has 3 rings (SSSR count). The summed E-state index contributed by atoms with van der Waals surface area (Å²) in [6.45, 7) is 2.34. The van der Waals surface area contributed by atoms with Crippen LogP contribution in [0, 0.1) is 6.92 Å². The zero-order valence-corrected chi connectivity index (χ0v) is 14.6. The Morgan fingerprint density at radius 2 is 1.64 bits per heavy atom. The minimum atomic E-state index is -0.0525. The molecule has 0 fully saturated rings. The van der Waals surface area contributed by atoms with Gasteiger partial charge in [-0.05, 0) is 31.2 Å². The molecule has 0 aliphatic carbocycles. The van der Waals surface area contributed by atoms with Crippen LogP contribution < -0.4 is 9.47 Å². The van der Waals surface area contributed by atoms with Crippen LogP contribution in [0.5, 0.6) is 11.5 Å². The highest BCUT2D eigenvalue weighted by Crippen LogP contribution is 2.29. The van der Waals surface area contributed by atoms with E-state index in [9.17, 15) is 0 Å². The highest BCUT2D eigenvalue weighted by Gasteiger charge is 2.16. The fourth-order valence-corrected chi connectivity index (χ4v) is 2.76. The van der Waals surface area contributed by atoms with E-state index in [1.54, 1.807) is 10.7 Å². The van der Waals surface area contributed by atoms with Crippen LogP contribution in [-0.2, 0) is 6.61 Å². The molecular formula is C19H19ClN2O3. The van der Waals surface area contributed by atoms with Crippen molar-refractivity contribution in [3.63, 3.8) is 0 Å². The van der Waals surface area contributed by atoms with Crippen molar-refractivity contribution in [2.75, 3.05) is 13.2 Å². The van der Waals surface area contributed by atoms with Crippen LogP contribution in [0.3, 0.4) is 0 Å². The Bertz CT molecular complexity index is 834. The summed E-state index contributed by atoms with van der Waals surface area (Å²) in [6.07, 6.45) is 0. The molecule has 130 valence electrons. The number of aromatic nitrogens is 2. The number of aliphatic hydroxyl groups is 1. The molecule has 0 aliphatic rings. The smallest absolute Gasteiger partial charge is 0.161 e. The Morgan fingerprint density at radius 3 is 2.32 bits per heavy atom. The van der Waals surface area contributed by atoms with Crippen molar-refractivity contribution in [3.05, 3.63) is 71.0 Å². The first kappa shape index (κ1) is 17.3. The monoisotopic (exact) mass is 358 g/mol.